The van der Waals surface area contributed by atoms with Crippen LogP contribution < -0.4 is 10.1 Å². The van der Waals surface area contributed by atoms with Crippen molar-refractivity contribution in [2.75, 3.05) is 5.32 Å². The van der Waals surface area contributed by atoms with Crippen molar-refractivity contribution in [3.05, 3.63) is 104 Å². The molecule has 0 bridgehead atoms. The average molecular weight is 596 g/mol. The number of halogens is 3. The lowest BCUT2D eigenvalue weighted by Gasteiger charge is -2.12. The molecule has 1 N–H and O–H groups in total. The SMILES string of the molecule is Cc1ccc(NC(=S)c2c(-c3ccc(Cl)cc3)c3c4n(c(COc5ccc(Cl)cc5Cl)nn24)CCCC3)cc1. The average Bonchev–Trinajstić information content (AvgIpc) is 3.31. The minimum absolute atomic E-state index is 0.260. The third-order valence-electron chi connectivity index (χ3n) is 6.97. The summed E-state index contributed by atoms with van der Waals surface area (Å²) >= 11 is 24.7. The fourth-order valence-corrected chi connectivity index (χ4v) is 6.01. The van der Waals surface area contributed by atoms with Gasteiger partial charge in [-0.3, -0.25) is 0 Å². The highest BCUT2D eigenvalue weighted by atomic mass is 35.5. The highest BCUT2D eigenvalue weighted by molar-refractivity contribution is 7.81. The molecule has 3 aromatic carbocycles. The molecule has 0 amide bonds. The molecule has 5 nitrogen and oxygen atoms in total. The van der Waals surface area contributed by atoms with Crippen molar-refractivity contribution < 1.29 is 4.74 Å². The summed E-state index contributed by atoms with van der Waals surface area (Å²) in [6.45, 7) is 3.16. The Morgan fingerprint density at radius 1 is 0.974 bits per heavy atom. The zero-order valence-electron chi connectivity index (χ0n) is 21.2. The van der Waals surface area contributed by atoms with Crippen LogP contribution in [-0.4, -0.2) is 19.2 Å². The number of thiocarbonyl (C=S) groups is 1. The van der Waals surface area contributed by atoms with Gasteiger partial charge in [-0.15, -0.1) is 5.10 Å². The molecule has 2 aromatic heterocycles. The molecule has 198 valence electrons. The lowest BCUT2D eigenvalue weighted by Crippen LogP contribution is -2.15. The number of ether oxygens (including phenoxy) is 1. The molecule has 1 aliphatic rings. The zero-order valence-corrected chi connectivity index (χ0v) is 24.3. The van der Waals surface area contributed by atoms with Crippen LogP contribution in [0, 0.1) is 6.92 Å². The first-order valence-electron chi connectivity index (χ1n) is 12.7. The van der Waals surface area contributed by atoms with Gasteiger partial charge in [0.25, 0.3) is 0 Å². The molecule has 6 rings (SSSR count). The molecule has 0 unspecified atom stereocenters. The van der Waals surface area contributed by atoms with Crippen LogP contribution in [-0.2, 0) is 19.6 Å². The summed E-state index contributed by atoms with van der Waals surface area (Å²) in [7, 11) is 0. The number of hydrogen-bond donors (Lipinski definition) is 1. The van der Waals surface area contributed by atoms with Gasteiger partial charge in [-0.1, -0.05) is 76.8 Å². The standard InChI is InChI=1S/C30H25Cl3N4OS/c1-18-5-12-22(13-6-18)34-29(39)28-27(19-7-9-20(31)10-8-19)23-4-2-3-15-36-26(35-37(28)30(23)36)17-38-25-14-11-21(32)16-24(25)33/h5-14,16H,2-4,15,17H2,1H3,(H,34,39). The van der Waals surface area contributed by atoms with Crippen LogP contribution in [0.25, 0.3) is 16.8 Å². The molecule has 9 heteroatoms. The van der Waals surface area contributed by atoms with Crippen LogP contribution in [0.4, 0.5) is 5.69 Å². The van der Waals surface area contributed by atoms with Crippen molar-refractivity contribution >= 4 is 63.3 Å². The van der Waals surface area contributed by atoms with Gasteiger partial charge < -0.3 is 14.6 Å². The molecule has 0 aliphatic carbocycles. The normalized spacial score (nSPS) is 12.9. The minimum Gasteiger partial charge on any atom is -0.484 e. The van der Waals surface area contributed by atoms with Crippen molar-refractivity contribution in [3.63, 3.8) is 0 Å². The van der Waals surface area contributed by atoms with E-state index >= 15 is 0 Å². The quantitative estimate of drug-likeness (QED) is 0.199. The Morgan fingerprint density at radius 3 is 2.46 bits per heavy atom. The molecule has 1 aliphatic heterocycles. The minimum atomic E-state index is 0.260. The van der Waals surface area contributed by atoms with Crippen molar-refractivity contribution in [2.24, 2.45) is 0 Å². The number of hydrogen-bond acceptors (Lipinski definition) is 3. The Balaban J connectivity index is 1.48. The van der Waals surface area contributed by atoms with Crippen LogP contribution in [0.3, 0.4) is 0 Å². The number of anilines is 1. The second kappa shape index (κ2) is 10.9. The molecule has 0 fully saturated rings. The predicted molar refractivity (Wildman–Crippen MR) is 164 cm³/mol. The second-order valence-electron chi connectivity index (χ2n) is 9.65. The maximum Gasteiger partial charge on any atom is 0.169 e. The summed E-state index contributed by atoms with van der Waals surface area (Å²) in [6, 6.07) is 21.3. The fraction of sp³-hybridized carbons (Fsp3) is 0.200. The zero-order chi connectivity index (χ0) is 27.1. The third-order valence-corrected chi connectivity index (χ3v) is 8.05. The lowest BCUT2D eigenvalue weighted by atomic mass is 9.98. The number of benzene rings is 3. The van der Waals surface area contributed by atoms with Gasteiger partial charge in [0.05, 0.1) is 5.02 Å². The molecule has 0 spiro atoms. The van der Waals surface area contributed by atoms with Gasteiger partial charge in [0.15, 0.2) is 5.82 Å². The van der Waals surface area contributed by atoms with Gasteiger partial charge in [-0.25, -0.2) is 4.52 Å². The number of nitrogens with zero attached hydrogens (tertiary/aromatic N) is 3. The molecule has 0 radical (unpaired) electrons. The smallest absolute Gasteiger partial charge is 0.169 e. The van der Waals surface area contributed by atoms with E-state index in [9.17, 15) is 0 Å². The molecule has 39 heavy (non-hydrogen) atoms. The number of aromatic nitrogens is 3. The summed E-state index contributed by atoms with van der Waals surface area (Å²) in [5.41, 5.74) is 7.38. The summed E-state index contributed by atoms with van der Waals surface area (Å²) < 4.78 is 10.3. The van der Waals surface area contributed by atoms with Gasteiger partial charge in [0.1, 0.15) is 28.7 Å². The molecule has 0 atom stereocenters. The van der Waals surface area contributed by atoms with Gasteiger partial charge in [0.2, 0.25) is 0 Å². The van der Waals surface area contributed by atoms with Gasteiger partial charge in [0, 0.05) is 33.4 Å². The molecular weight excluding hydrogens is 571 g/mol. The monoisotopic (exact) mass is 594 g/mol. The van der Waals surface area contributed by atoms with Crippen molar-refractivity contribution in [1.82, 2.24) is 14.2 Å². The molecule has 5 aromatic rings. The van der Waals surface area contributed by atoms with E-state index in [-0.39, 0.29) is 6.61 Å². The van der Waals surface area contributed by atoms with E-state index in [1.807, 2.05) is 40.9 Å². The number of aryl methyl sites for hydroxylation is 3. The van der Waals surface area contributed by atoms with Crippen LogP contribution in [0.2, 0.25) is 15.1 Å². The predicted octanol–water partition coefficient (Wildman–Crippen LogP) is 8.77. The first-order chi connectivity index (χ1) is 18.9. The first kappa shape index (κ1) is 26.2. The summed E-state index contributed by atoms with van der Waals surface area (Å²) in [5, 5.41) is 10.2. The van der Waals surface area contributed by atoms with E-state index in [1.165, 1.54) is 11.1 Å². The Morgan fingerprint density at radius 2 is 1.72 bits per heavy atom. The Bertz CT molecular complexity index is 1690. The Hall–Kier alpha value is -3.03. The van der Waals surface area contributed by atoms with Gasteiger partial charge in [-0.05, 0) is 74.2 Å². The Kier molecular flexibility index (Phi) is 7.29. The van der Waals surface area contributed by atoms with Gasteiger partial charge in [-0.2, -0.15) is 0 Å². The molecule has 0 saturated heterocycles. The summed E-state index contributed by atoms with van der Waals surface area (Å²) in [4.78, 5) is 0.600. The van der Waals surface area contributed by atoms with Crippen molar-refractivity contribution in [1.29, 1.82) is 0 Å². The highest BCUT2D eigenvalue weighted by Crippen LogP contribution is 2.38. The van der Waals surface area contributed by atoms with Crippen LogP contribution >= 0.6 is 47.0 Å². The van der Waals surface area contributed by atoms with Crippen LogP contribution in [0.1, 0.15) is 35.5 Å². The maximum absolute atomic E-state index is 6.37. The summed E-state index contributed by atoms with van der Waals surface area (Å²) in [6.07, 6.45) is 3.02. The second-order valence-corrected chi connectivity index (χ2v) is 11.3. The third kappa shape index (κ3) is 5.14. The van der Waals surface area contributed by atoms with E-state index in [2.05, 4.69) is 28.9 Å². The number of nitrogens with one attached hydrogen (secondary N) is 1. The summed E-state index contributed by atoms with van der Waals surface area (Å²) in [5.74, 6) is 1.37. The van der Waals surface area contributed by atoms with E-state index in [0.717, 1.165) is 59.8 Å². The van der Waals surface area contributed by atoms with Crippen LogP contribution in [0.5, 0.6) is 5.75 Å². The topological polar surface area (TPSA) is 43.5 Å². The van der Waals surface area contributed by atoms with E-state index in [1.54, 1.807) is 18.2 Å². The van der Waals surface area contributed by atoms with Crippen LogP contribution in [0.15, 0.2) is 66.7 Å². The van der Waals surface area contributed by atoms with E-state index < -0.39 is 0 Å². The molecule has 0 saturated carbocycles. The van der Waals surface area contributed by atoms with E-state index in [0.29, 0.717) is 25.8 Å². The maximum atomic E-state index is 6.37. The Labute approximate surface area is 247 Å². The van der Waals surface area contributed by atoms with Crippen molar-refractivity contribution in [2.45, 2.75) is 39.3 Å². The number of rotatable bonds is 6. The van der Waals surface area contributed by atoms with Gasteiger partial charge >= 0.3 is 0 Å². The lowest BCUT2D eigenvalue weighted by molar-refractivity contribution is 0.289. The van der Waals surface area contributed by atoms with E-state index in [4.69, 9.17) is 56.9 Å². The largest absolute Gasteiger partial charge is 0.484 e. The fourth-order valence-electron chi connectivity index (χ4n) is 5.11. The molecular formula is C30H25Cl3N4OS. The van der Waals surface area contributed by atoms with Crippen molar-refractivity contribution in [3.8, 4) is 16.9 Å². The highest BCUT2D eigenvalue weighted by Gasteiger charge is 2.29. The molecule has 3 heterocycles. The first-order valence-corrected chi connectivity index (χ1v) is 14.3.